The zero-order valence-corrected chi connectivity index (χ0v) is 34.4. The van der Waals surface area contributed by atoms with E-state index in [0.29, 0.717) is 48.4 Å². The van der Waals surface area contributed by atoms with E-state index < -0.39 is 30.0 Å². The van der Waals surface area contributed by atoms with Crippen LogP contribution in [0.3, 0.4) is 0 Å². The maximum atomic E-state index is 14.1. The maximum Gasteiger partial charge on any atom is 0.329 e. The van der Waals surface area contributed by atoms with Crippen molar-refractivity contribution in [2.24, 2.45) is 18.9 Å². The standard InChI is InChI=1S/C43H52F2N10O6/c1-52(17-19-60-18-3-4-26-9-12-33-35(20-26)53(2)43(59)55(33)34-13-14-37(56)50-41(34)58)23-28-7-10-30(11-8-28)54-24-31(38(51-54)39(44)45)48-40(57)32-25-61-42(49-32)29-15-16-46-36(21-29)47-22-27-5-6-27/h9,12,15-16,20-21,24-25,27-28,30,34,39H,3-8,10-11,13-14,17-19,22-23H2,1-2H3,(H,46,47)(H,48,57)(H,50,56,58)/t28-,30-,34?. The molecule has 0 spiro atoms. The van der Waals surface area contributed by atoms with Gasteiger partial charge in [0, 0.05) is 57.7 Å². The van der Waals surface area contributed by atoms with Gasteiger partial charge < -0.3 is 24.7 Å². The van der Waals surface area contributed by atoms with Gasteiger partial charge in [0.1, 0.15) is 18.1 Å². The summed E-state index contributed by atoms with van der Waals surface area (Å²) in [7, 11) is 3.77. The third-order valence-corrected chi connectivity index (χ3v) is 12.0. The molecule has 2 aliphatic carbocycles. The Hall–Kier alpha value is -5.75. The lowest BCUT2D eigenvalue weighted by atomic mass is 9.86. The number of likely N-dealkylation sites (N-methyl/N-ethyl adjacent to an activating group) is 1. The number of amides is 3. The highest BCUT2D eigenvalue weighted by Crippen LogP contribution is 2.35. The Morgan fingerprint density at radius 2 is 1.84 bits per heavy atom. The van der Waals surface area contributed by atoms with E-state index in [1.807, 2.05) is 18.2 Å². The summed E-state index contributed by atoms with van der Waals surface area (Å²) in [5.74, 6) is 0.598. The second kappa shape index (κ2) is 18.5. The van der Waals surface area contributed by atoms with Crippen LogP contribution in [0, 0.1) is 11.8 Å². The summed E-state index contributed by atoms with van der Waals surface area (Å²) in [5.41, 5.74) is 2.27. The van der Waals surface area contributed by atoms with E-state index in [-0.39, 0.29) is 41.3 Å². The van der Waals surface area contributed by atoms with Crippen LogP contribution in [0.4, 0.5) is 20.3 Å². The Kier molecular flexibility index (Phi) is 12.7. The number of nitrogens with zero attached hydrogens (tertiary/aromatic N) is 7. The fraction of sp³-hybridized carbons (Fsp3) is 0.512. The Morgan fingerprint density at radius 3 is 2.61 bits per heavy atom. The predicted molar refractivity (Wildman–Crippen MR) is 222 cm³/mol. The number of hydrogen-bond donors (Lipinski definition) is 3. The minimum absolute atomic E-state index is 0.0343. The van der Waals surface area contributed by atoms with Gasteiger partial charge in [-0.25, -0.2) is 23.5 Å². The summed E-state index contributed by atoms with van der Waals surface area (Å²) in [5, 5.41) is 12.4. The number of alkyl halides is 2. The molecule has 1 aromatic carbocycles. The molecule has 2 saturated carbocycles. The summed E-state index contributed by atoms with van der Waals surface area (Å²) < 4.78 is 44.4. The van der Waals surface area contributed by atoms with Gasteiger partial charge >= 0.3 is 5.69 Å². The zero-order valence-electron chi connectivity index (χ0n) is 34.4. The van der Waals surface area contributed by atoms with Crippen LogP contribution in [0.25, 0.3) is 22.5 Å². The number of oxazole rings is 1. The maximum absolute atomic E-state index is 14.1. The number of benzene rings is 1. The fourth-order valence-electron chi connectivity index (χ4n) is 8.40. The van der Waals surface area contributed by atoms with Gasteiger partial charge in [0.2, 0.25) is 17.7 Å². The molecule has 16 nitrogen and oxygen atoms in total. The van der Waals surface area contributed by atoms with Crippen LogP contribution in [0.5, 0.6) is 0 Å². The van der Waals surface area contributed by atoms with Crippen molar-refractivity contribution >= 4 is 40.3 Å². The van der Waals surface area contributed by atoms with Gasteiger partial charge in [-0.15, -0.1) is 0 Å². The average Bonchev–Trinajstić information content (AvgIpc) is 3.66. The fourth-order valence-corrected chi connectivity index (χ4v) is 8.40. The number of rotatable bonds is 18. The largest absolute Gasteiger partial charge is 0.444 e. The molecule has 5 aromatic rings. The molecule has 1 unspecified atom stereocenters. The molecule has 0 bridgehead atoms. The topological polar surface area (TPSA) is 183 Å². The first kappa shape index (κ1) is 42.0. The Morgan fingerprint density at radius 1 is 1.03 bits per heavy atom. The number of imidazole rings is 1. The number of aromatic nitrogens is 6. The van der Waals surface area contributed by atoms with Gasteiger partial charge in [0.05, 0.1) is 29.4 Å². The number of hydrogen-bond acceptors (Lipinski definition) is 11. The molecule has 8 rings (SSSR count). The predicted octanol–water partition coefficient (Wildman–Crippen LogP) is 5.89. The number of anilines is 2. The molecule has 3 amide bonds. The van der Waals surface area contributed by atoms with E-state index in [0.717, 1.165) is 69.2 Å². The third-order valence-electron chi connectivity index (χ3n) is 12.0. The monoisotopic (exact) mass is 842 g/mol. The van der Waals surface area contributed by atoms with Gasteiger partial charge in [-0.1, -0.05) is 6.07 Å². The van der Waals surface area contributed by atoms with Gasteiger partial charge in [0.25, 0.3) is 12.3 Å². The molecule has 1 atom stereocenters. The molecule has 3 aliphatic rings. The van der Waals surface area contributed by atoms with Gasteiger partial charge in [-0.3, -0.25) is 33.5 Å². The summed E-state index contributed by atoms with van der Waals surface area (Å²) in [6.07, 6.45) is 9.36. The number of imide groups is 1. The van der Waals surface area contributed by atoms with Crippen molar-refractivity contribution in [1.82, 2.24) is 39.1 Å². The molecule has 3 fully saturated rings. The molecule has 18 heteroatoms. The van der Waals surface area contributed by atoms with Crippen molar-refractivity contribution in [3.05, 3.63) is 76.4 Å². The number of pyridine rings is 1. The SMILES string of the molecule is CN(CCOCCCc1ccc2c(c1)n(C)c(=O)n2C1CCC(=O)NC1=O)C[C@H]1CC[C@H](n2cc(NC(=O)c3coc(-c4ccnc(NCC5CC5)c4)n3)c(C(F)F)n2)CC1. The lowest BCUT2D eigenvalue weighted by molar-refractivity contribution is -0.135. The van der Waals surface area contributed by atoms with Crippen molar-refractivity contribution in [1.29, 1.82) is 0 Å². The van der Waals surface area contributed by atoms with E-state index >= 15 is 0 Å². The van der Waals surface area contributed by atoms with E-state index in [2.05, 4.69) is 43.0 Å². The molecule has 61 heavy (non-hydrogen) atoms. The summed E-state index contributed by atoms with van der Waals surface area (Å²) in [6, 6.07) is 8.57. The number of fused-ring (bicyclic) bond motifs is 1. The minimum atomic E-state index is -2.87. The highest BCUT2D eigenvalue weighted by molar-refractivity contribution is 6.03. The Balaban J connectivity index is 0.757. The van der Waals surface area contributed by atoms with Crippen LogP contribution in [0.1, 0.15) is 98.0 Å². The average molecular weight is 843 g/mol. The molecule has 3 N–H and O–H groups in total. The summed E-state index contributed by atoms with van der Waals surface area (Å²) >= 11 is 0. The Labute approximate surface area is 351 Å². The van der Waals surface area contributed by atoms with E-state index in [1.165, 1.54) is 29.9 Å². The molecule has 5 heterocycles. The number of aryl methyl sites for hydroxylation is 2. The first-order valence-corrected chi connectivity index (χ1v) is 21.1. The highest BCUT2D eigenvalue weighted by Gasteiger charge is 2.32. The Bertz CT molecular complexity index is 2430. The van der Waals surface area contributed by atoms with E-state index in [9.17, 15) is 28.0 Å². The van der Waals surface area contributed by atoms with Crippen molar-refractivity contribution in [3.8, 4) is 11.5 Å². The molecular formula is C43H52F2N10O6. The second-order valence-electron chi connectivity index (χ2n) is 16.6. The number of nitrogens with one attached hydrogen (secondary N) is 3. The van der Waals surface area contributed by atoms with Crippen LogP contribution in [-0.2, 0) is 27.8 Å². The van der Waals surface area contributed by atoms with E-state index in [1.54, 1.807) is 34.6 Å². The number of ether oxygens (including phenoxy) is 1. The van der Waals surface area contributed by atoms with Crippen molar-refractivity contribution in [2.75, 3.05) is 50.5 Å². The summed E-state index contributed by atoms with van der Waals surface area (Å²) in [6.45, 7) is 3.69. The van der Waals surface area contributed by atoms with Crippen LogP contribution in [0.2, 0.25) is 0 Å². The number of carbonyl (C=O) groups excluding carboxylic acids is 3. The van der Waals surface area contributed by atoms with Gasteiger partial charge in [0.15, 0.2) is 11.4 Å². The molecule has 4 aromatic heterocycles. The normalized spacial score (nSPS) is 19.5. The molecule has 1 saturated heterocycles. The third kappa shape index (κ3) is 9.91. The van der Waals surface area contributed by atoms with Crippen LogP contribution in [0.15, 0.2) is 58.2 Å². The van der Waals surface area contributed by atoms with Crippen LogP contribution < -0.4 is 21.6 Å². The number of piperidine rings is 1. The first-order valence-electron chi connectivity index (χ1n) is 21.1. The van der Waals surface area contributed by atoms with Gasteiger partial charge in [-0.05, 0) is 106 Å². The molecular weight excluding hydrogens is 791 g/mol. The summed E-state index contributed by atoms with van der Waals surface area (Å²) in [4.78, 5) is 61.2. The smallest absolute Gasteiger partial charge is 0.329 e. The lowest BCUT2D eigenvalue weighted by Crippen LogP contribution is -2.44. The van der Waals surface area contributed by atoms with Crippen LogP contribution >= 0.6 is 0 Å². The van der Waals surface area contributed by atoms with Crippen LogP contribution in [-0.4, -0.2) is 91.4 Å². The van der Waals surface area contributed by atoms with Crippen molar-refractivity contribution in [2.45, 2.75) is 82.7 Å². The lowest BCUT2D eigenvalue weighted by Gasteiger charge is -2.31. The van der Waals surface area contributed by atoms with Crippen molar-refractivity contribution < 1.29 is 32.3 Å². The van der Waals surface area contributed by atoms with Crippen molar-refractivity contribution in [3.63, 3.8) is 0 Å². The second-order valence-corrected chi connectivity index (χ2v) is 16.6. The number of halogens is 2. The van der Waals surface area contributed by atoms with Gasteiger partial charge in [-0.2, -0.15) is 5.10 Å². The zero-order chi connectivity index (χ0) is 42.6. The molecule has 1 aliphatic heterocycles. The molecule has 0 radical (unpaired) electrons. The van der Waals surface area contributed by atoms with E-state index in [4.69, 9.17) is 9.15 Å². The molecule has 324 valence electrons. The number of carbonyl (C=O) groups is 3. The highest BCUT2D eigenvalue weighted by atomic mass is 19.3. The minimum Gasteiger partial charge on any atom is -0.444 e. The first-order chi connectivity index (χ1) is 29.5. The quantitative estimate of drug-likeness (QED) is 0.0707.